The molecule has 0 aliphatic rings. The van der Waals surface area contributed by atoms with Gasteiger partial charge in [-0.15, -0.1) is 11.3 Å². The third kappa shape index (κ3) is 1.76. The molecule has 0 unspecified atom stereocenters. The lowest BCUT2D eigenvalue weighted by molar-refractivity contribution is 1.57. The van der Waals surface area contributed by atoms with Crippen LogP contribution >= 0.6 is 11.3 Å². The molecule has 0 radical (unpaired) electrons. The Labute approximate surface area is 165 Å². The maximum Gasteiger partial charge on any atom is 0.0545 e. The molecule has 0 bridgehead atoms. The second-order valence-corrected chi connectivity index (χ2v) is 8.54. The second-order valence-electron chi connectivity index (χ2n) is 7.46. The number of hydrogen-bond donors (Lipinski definition) is 1. The van der Waals surface area contributed by atoms with E-state index >= 15 is 0 Å². The summed E-state index contributed by atoms with van der Waals surface area (Å²) in [6.45, 7) is 0. The van der Waals surface area contributed by atoms with E-state index in [9.17, 15) is 0 Å². The number of nitrogens with one attached hydrogen (secondary N) is 1. The molecule has 7 aromatic rings. The van der Waals surface area contributed by atoms with E-state index in [0.29, 0.717) is 0 Å². The number of aromatic nitrogens is 1. The Hall–Kier alpha value is -3.36. The van der Waals surface area contributed by atoms with E-state index in [1.807, 2.05) is 11.3 Å². The molecule has 0 spiro atoms. The molecule has 2 aromatic heterocycles. The van der Waals surface area contributed by atoms with Gasteiger partial charge in [-0.3, -0.25) is 0 Å². The Morgan fingerprint density at radius 3 is 2.29 bits per heavy atom. The topological polar surface area (TPSA) is 15.8 Å². The van der Waals surface area contributed by atoms with Crippen LogP contribution in [-0.2, 0) is 0 Å². The van der Waals surface area contributed by atoms with Crippen molar-refractivity contribution in [2.24, 2.45) is 0 Å². The van der Waals surface area contributed by atoms with Crippen molar-refractivity contribution >= 4 is 64.1 Å². The quantitative estimate of drug-likeness (QED) is 0.281. The van der Waals surface area contributed by atoms with E-state index in [4.69, 9.17) is 0 Å². The average Bonchev–Trinajstić information content (AvgIpc) is 3.31. The summed E-state index contributed by atoms with van der Waals surface area (Å²) in [6, 6.07) is 30.9. The van der Waals surface area contributed by atoms with Crippen molar-refractivity contribution in [1.82, 2.24) is 4.98 Å². The number of benzene rings is 5. The van der Waals surface area contributed by atoms with Gasteiger partial charge in [-0.1, -0.05) is 66.7 Å². The zero-order valence-corrected chi connectivity index (χ0v) is 15.8. The highest BCUT2D eigenvalue weighted by Crippen LogP contribution is 2.46. The van der Waals surface area contributed by atoms with Gasteiger partial charge in [-0.2, -0.15) is 0 Å². The fraction of sp³-hybridized carbons (Fsp3) is 0. The van der Waals surface area contributed by atoms with Crippen LogP contribution < -0.4 is 0 Å². The van der Waals surface area contributed by atoms with Crippen molar-refractivity contribution < 1.29 is 0 Å². The van der Waals surface area contributed by atoms with Gasteiger partial charge in [0.1, 0.15) is 0 Å². The van der Waals surface area contributed by atoms with E-state index < -0.39 is 0 Å². The first kappa shape index (κ1) is 14.7. The Kier molecular flexibility index (Phi) is 2.68. The van der Waals surface area contributed by atoms with Crippen LogP contribution in [0.1, 0.15) is 0 Å². The van der Waals surface area contributed by atoms with Gasteiger partial charge >= 0.3 is 0 Å². The maximum absolute atomic E-state index is 3.67. The number of H-pyrrole nitrogens is 1. The monoisotopic (exact) mass is 373 g/mol. The minimum atomic E-state index is 1.21. The molecule has 2 heterocycles. The SMILES string of the molecule is c1ccc(-c2ccc3sc4cc5c6ccccc6[nH]c5c5ccc2c3c45)cc1. The zero-order chi connectivity index (χ0) is 18.2. The molecule has 0 saturated heterocycles. The normalized spacial score (nSPS) is 12.3. The van der Waals surface area contributed by atoms with E-state index in [2.05, 4.69) is 89.9 Å². The minimum absolute atomic E-state index is 1.21. The highest BCUT2D eigenvalue weighted by atomic mass is 32.1. The van der Waals surface area contributed by atoms with Gasteiger partial charge in [0.25, 0.3) is 0 Å². The summed E-state index contributed by atoms with van der Waals surface area (Å²) in [6.07, 6.45) is 0. The van der Waals surface area contributed by atoms with Gasteiger partial charge in [0.05, 0.1) is 5.52 Å². The summed E-state index contributed by atoms with van der Waals surface area (Å²) in [5, 5.41) is 8.10. The number of rotatable bonds is 1. The molecular formula is C26H15NS. The largest absolute Gasteiger partial charge is 0.354 e. The average molecular weight is 373 g/mol. The van der Waals surface area contributed by atoms with Crippen molar-refractivity contribution in [3.8, 4) is 11.1 Å². The molecule has 1 nitrogen and oxygen atoms in total. The molecular weight excluding hydrogens is 358 g/mol. The Bertz CT molecular complexity index is 1650. The molecule has 0 saturated carbocycles. The van der Waals surface area contributed by atoms with Crippen LogP contribution in [0, 0.1) is 0 Å². The molecule has 1 N–H and O–H groups in total. The molecule has 0 aliphatic carbocycles. The van der Waals surface area contributed by atoms with Gasteiger partial charge in [-0.05, 0) is 34.7 Å². The summed E-state index contributed by atoms with van der Waals surface area (Å²) in [5.41, 5.74) is 5.05. The Morgan fingerprint density at radius 2 is 1.36 bits per heavy atom. The van der Waals surface area contributed by atoms with Crippen molar-refractivity contribution in [1.29, 1.82) is 0 Å². The zero-order valence-electron chi connectivity index (χ0n) is 15.0. The first-order valence-corrected chi connectivity index (χ1v) is 10.4. The first-order valence-electron chi connectivity index (χ1n) is 9.54. The molecule has 130 valence electrons. The van der Waals surface area contributed by atoms with E-state index in [1.165, 1.54) is 63.9 Å². The lowest BCUT2D eigenvalue weighted by Crippen LogP contribution is -1.83. The van der Waals surface area contributed by atoms with Crippen molar-refractivity contribution in [3.05, 3.63) is 84.9 Å². The summed E-state index contributed by atoms with van der Waals surface area (Å²) in [4.78, 5) is 3.67. The first-order chi connectivity index (χ1) is 13.9. The van der Waals surface area contributed by atoms with E-state index in [-0.39, 0.29) is 0 Å². The van der Waals surface area contributed by atoms with Crippen molar-refractivity contribution in [3.63, 3.8) is 0 Å². The number of thiophene rings is 1. The third-order valence-electron chi connectivity index (χ3n) is 5.99. The molecule has 0 amide bonds. The van der Waals surface area contributed by atoms with Crippen molar-refractivity contribution in [2.45, 2.75) is 0 Å². The number of hydrogen-bond acceptors (Lipinski definition) is 1. The lowest BCUT2D eigenvalue weighted by atomic mass is 9.94. The highest BCUT2D eigenvalue weighted by Gasteiger charge is 2.18. The van der Waals surface area contributed by atoms with Crippen LogP contribution in [0.3, 0.4) is 0 Å². The highest BCUT2D eigenvalue weighted by molar-refractivity contribution is 7.26. The summed E-state index contributed by atoms with van der Waals surface area (Å²) in [5.74, 6) is 0. The Morgan fingerprint density at radius 1 is 0.571 bits per heavy atom. The van der Waals surface area contributed by atoms with Gasteiger partial charge in [0.2, 0.25) is 0 Å². The minimum Gasteiger partial charge on any atom is -0.354 e. The fourth-order valence-corrected chi connectivity index (χ4v) is 5.94. The standard InChI is InChI=1S/C26H15NS/c1-2-6-15(7-3-1)16-12-13-22-24-18(16)10-11-19-25(24)23(28-22)14-20-17-8-4-5-9-21(17)27-26(19)20/h1-14,27H. The summed E-state index contributed by atoms with van der Waals surface area (Å²) in [7, 11) is 0. The van der Waals surface area contributed by atoms with Gasteiger partial charge in [0, 0.05) is 41.8 Å². The Balaban J connectivity index is 1.70. The predicted octanol–water partition coefficient (Wildman–Crippen LogP) is 7.95. The van der Waals surface area contributed by atoms with Crippen LogP contribution in [0.4, 0.5) is 0 Å². The van der Waals surface area contributed by atoms with Gasteiger partial charge < -0.3 is 4.98 Å². The number of para-hydroxylation sites is 1. The molecule has 7 rings (SSSR count). The fourth-order valence-electron chi connectivity index (χ4n) is 4.76. The lowest BCUT2D eigenvalue weighted by Gasteiger charge is -2.09. The third-order valence-corrected chi connectivity index (χ3v) is 7.09. The summed E-state index contributed by atoms with van der Waals surface area (Å²) < 4.78 is 2.74. The predicted molar refractivity (Wildman–Crippen MR) is 123 cm³/mol. The van der Waals surface area contributed by atoms with Crippen molar-refractivity contribution in [2.75, 3.05) is 0 Å². The van der Waals surface area contributed by atoms with Gasteiger partial charge in [0.15, 0.2) is 0 Å². The molecule has 2 heteroatoms. The molecule has 28 heavy (non-hydrogen) atoms. The summed E-state index contributed by atoms with van der Waals surface area (Å²) >= 11 is 1.91. The maximum atomic E-state index is 3.67. The van der Waals surface area contributed by atoms with Crippen LogP contribution in [0.25, 0.3) is 63.9 Å². The van der Waals surface area contributed by atoms with E-state index in [1.54, 1.807) is 0 Å². The van der Waals surface area contributed by atoms with Gasteiger partial charge in [-0.25, -0.2) is 0 Å². The van der Waals surface area contributed by atoms with E-state index in [0.717, 1.165) is 0 Å². The van der Waals surface area contributed by atoms with Crippen LogP contribution in [-0.4, -0.2) is 4.98 Å². The molecule has 5 aromatic carbocycles. The van der Waals surface area contributed by atoms with Crippen LogP contribution in [0.15, 0.2) is 84.9 Å². The van der Waals surface area contributed by atoms with Crippen LogP contribution in [0.5, 0.6) is 0 Å². The second kappa shape index (κ2) is 5.12. The molecule has 0 fully saturated rings. The number of aromatic amines is 1. The smallest absolute Gasteiger partial charge is 0.0545 e. The van der Waals surface area contributed by atoms with Crippen LogP contribution in [0.2, 0.25) is 0 Å². The molecule has 0 atom stereocenters. The number of fused-ring (bicyclic) bond motifs is 4. The molecule has 0 aliphatic heterocycles.